The van der Waals surface area contributed by atoms with E-state index < -0.39 is 64.8 Å². The van der Waals surface area contributed by atoms with E-state index >= 15 is 0 Å². The third-order valence-corrected chi connectivity index (χ3v) is 5.65. The molecule has 6 nitrogen and oxygen atoms in total. The molecule has 190 valence electrons. The van der Waals surface area contributed by atoms with Gasteiger partial charge in [0.15, 0.2) is 0 Å². The van der Waals surface area contributed by atoms with Gasteiger partial charge in [-0.3, -0.25) is 9.59 Å². The molecule has 0 aliphatic heterocycles. The van der Waals surface area contributed by atoms with Gasteiger partial charge in [0.1, 0.15) is 23.1 Å². The van der Waals surface area contributed by atoms with Crippen molar-refractivity contribution in [3.63, 3.8) is 0 Å². The van der Waals surface area contributed by atoms with Crippen LogP contribution in [0.5, 0.6) is 0 Å². The van der Waals surface area contributed by atoms with Gasteiger partial charge >= 0.3 is 12.1 Å². The lowest BCUT2D eigenvalue weighted by Crippen LogP contribution is -2.19. The second-order valence-electron chi connectivity index (χ2n) is 7.99. The molecule has 0 aliphatic carbocycles. The molecule has 1 atom stereocenters. The first-order valence-corrected chi connectivity index (χ1v) is 10.7. The summed E-state index contributed by atoms with van der Waals surface area (Å²) < 4.78 is 68.2. The smallest absolute Gasteiger partial charge is 0.416 e. The molecular weight excluding hydrogens is 511 g/mol. The Hall–Kier alpha value is -3.73. The number of Topliss-reactive ketones (excluding diaryl/α,β-unsaturated/α-hetero) is 1. The number of ketones is 1. The second kappa shape index (κ2) is 10.1. The van der Waals surface area contributed by atoms with Crippen LogP contribution >= 0.6 is 11.6 Å². The van der Waals surface area contributed by atoms with Gasteiger partial charge in [0.05, 0.1) is 17.8 Å². The number of alkyl halides is 3. The van der Waals surface area contributed by atoms with Crippen LogP contribution in [0.2, 0.25) is 5.02 Å². The molecule has 0 unspecified atom stereocenters. The Morgan fingerprint density at radius 1 is 1.06 bits per heavy atom. The van der Waals surface area contributed by atoms with Crippen molar-refractivity contribution >= 4 is 34.9 Å². The SMILES string of the molecule is CC(=O)Cn1c(C(=O)O)cc(NC(=O)c2cc(F)cc(C(F)(F)F)c2)c1[C@@H](C)c1cc(F)ccc1Cl. The fourth-order valence-electron chi connectivity index (χ4n) is 3.77. The van der Waals surface area contributed by atoms with Crippen molar-refractivity contribution in [1.82, 2.24) is 4.57 Å². The van der Waals surface area contributed by atoms with E-state index in [4.69, 9.17) is 11.6 Å². The quantitative estimate of drug-likeness (QED) is 0.361. The standard InChI is InChI=1S/C24H18ClF5N2O4/c1-11(33)10-32-20(23(35)36)9-19(21(32)12(2)17-8-15(26)3-4-18(17)25)31-22(34)13-5-14(24(28,29)30)7-16(27)6-13/h3-9,12H,10H2,1-2H3,(H,31,34)(H,35,36)/t12-/m0/s1. The van der Waals surface area contributed by atoms with Crippen molar-refractivity contribution < 1.29 is 41.4 Å². The molecule has 0 fully saturated rings. The normalized spacial score (nSPS) is 12.3. The van der Waals surface area contributed by atoms with Crippen molar-refractivity contribution in [3.05, 3.63) is 87.2 Å². The van der Waals surface area contributed by atoms with Gasteiger partial charge in [0, 0.05) is 22.2 Å². The summed E-state index contributed by atoms with van der Waals surface area (Å²) in [5.74, 6) is -5.96. The van der Waals surface area contributed by atoms with E-state index in [1.807, 2.05) is 0 Å². The molecule has 0 saturated carbocycles. The molecule has 3 aromatic rings. The number of hydrogen-bond donors (Lipinski definition) is 2. The van der Waals surface area contributed by atoms with E-state index in [0.717, 1.165) is 22.8 Å². The van der Waals surface area contributed by atoms with Crippen LogP contribution in [0.3, 0.4) is 0 Å². The third-order valence-electron chi connectivity index (χ3n) is 5.31. The molecule has 0 bridgehead atoms. The molecule has 0 radical (unpaired) electrons. The van der Waals surface area contributed by atoms with E-state index in [1.54, 1.807) is 0 Å². The highest BCUT2D eigenvalue weighted by atomic mass is 35.5. The van der Waals surface area contributed by atoms with Gasteiger partial charge in [0.2, 0.25) is 0 Å². The van der Waals surface area contributed by atoms with E-state index in [9.17, 15) is 41.4 Å². The van der Waals surface area contributed by atoms with Gasteiger partial charge in [-0.15, -0.1) is 0 Å². The largest absolute Gasteiger partial charge is 0.477 e. The van der Waals surface area contributed by atoms with Crippen LogP contribution in [-0.2, 0) is 17.5 Å². The molecule has 36 heavy (non-hydrogen) atoms. The van der Waals surface area contributed by atoms with Gasteiger partial charge in [-0.1, -0.05) is 18.5 Å². The first-order valence-electron chi connectivity index (χ1n) is 10.3. The van der Waals surface area contributed by atoms with Crippen LogP contribution in [0.25, 0.3) is 0 Å². The Bertz CT molecular complexity index is 1370. The number of anilines is 1. The van der Waals surface area contributed by atoms with Crippen molar-refractivity contribution in [2.24, 2.45) is 0 Å². The van der Waals surface area contributed by atoms with Crippen molar-refractivity contribution in [1.29, 1.82) is 0 Å². The number of nitrogens with one attached hydrogen (secondary N) is 1. The fourth-order valence-corrected chi connectivity index (χ4v) is 4.05. The minimum absolute atomic E-state index is 0.0240. The van der Waals surface area contributed by atoms with E-state index in [2.05, 4.69) is 5.32 Å². The minimum Gasteiger partial charge on any atom is -0.477 e. The number of amides is 1. The van der Waals surface area contributed by atoms with Gasteiger partial charge < -0.3 is 15.0 Å². The number of nitrogens with zero attached hydrogens (tertiary/aromatic N) is 1. The number of halogens is 6. The number of carbonyl (C=O) groups excluding carboxylic acids is 2. The van der Waals surface area contributed by atoms with Crippen molar-refractivity contribution in [3.8, 4) is 0 Å². The van der Waals surface area contributed by atoms with Crippen LogP contribution in [0.4, 0.5) is 27.6 Å². The summed E-state index contributed by atoms with van der Waals surface area (Å²) in [6.45, 7) is 2.26. The molecule has 1 amide bonds. The summed E-state index contributed by atoms with van der Waals surface area (Å²) in [6.07, 6.45) is -4.92. The lowest BCUT2D eigenvalue weighted by molar-refractivity contribution is -0.137. The lowest BCUT2D eigenvalue weighted by Gasteiger charge is -2.20. The topological polar surface area (TPSA) is 88.4 Å². The predicted molar refractivity (Wildman–Crippen MR) is 120 cm³/mol. The van der Waals surface area contributed by atoms with Crippen LogP contribution < -0.4 is 5.32 Å². The molecule has 2 N–H and O–H groups in total. The van der Waals surface area contributed by atoms with Gasteiger partial charge in [0.25, 0.3) is 5.91 Å². The molecule has 2 aromatic carbocycles. The molecule has 12 heteroatoms. The predicted octanol–water partition coefficient (Wildman–Crippen LogP) is 6.13. The Kier molecular flexibility index (Phi) is 7.54. The molecule has 3 rings (SSSR count). The number of carboxylic acids is 1. The second-order valence-corrected chi connectivity index (χ2v) is 8.40. The summed E-state index contributed by atoms with van der Waals surface area (Å²) in [7, 11) is 0. The van der Waals surface area contributed by atoms with Gasteiger partial charge in [-0.05, 0) is 55.0 Å². The van der Waals surface area contributed by atoms with E-state index in [0.29, 0.717) is 12.1 Å². The summed E-state index contributed by atoms with van der Waals surface area (Å²) in [6, 6.07) is 5.71. The number of carbonyl (C=O) groups is 3. The van der Waals surface area contributed by atoms with Crippen LogP contribution in [-0.4, -0.2) is 27.3 Å². The maximum Gasteiger partial charge on any atom is 0.416 e. The molecule has 0 aliphatic rings. The van der Waals surface area contributed by atoms with Crippen LogP contribution in [0, 0.1) is 11.6 Å². The number of aromatic carboxylic acids is 1. The number of aromatic nitrogens is 1. The highest BCUT2D eigenvalue weighted by Crippen LogP contribution is 2.37. The summed E-state index contributed by atoms with van der Waals surface area (Å²) in [5.41, 5.74) is -2.48. The zero-order valence-electron chi connectivity index (χ0n) is 18.7. The zero-order valence-corrected chi connectivity index (χ0v) is 19.5. The molecule has 0 saturated heterocycles. The molecule has 0 spiro atoms. The van der Waals surface area contributed by atoms with E-state index in [-0.39, 0.29) is 28.0 Å². The number of hydrogen-bond acceptors (Lipinski definition) is 3. The van der Waals surface area contributed by atoms with E-state index in [1.165, 1.54) is 19.9 Å². The fraction of sp³-hybridized carbons (Fsp3) is 0.208. The monoisotopic (exact) mass is 528 g/mol. The van der Waals surface area contributed by atoms with Gasteiger partial charge in [-0.2, -0.15) is 13.2 Å². The molecular formula is C24H18ClF5N2O4. The van der Waals surface area contributed by atoms with Crippen molar-refractivity contribution in [2.75, 3.05) is 5.32 Å². The van der Waals surface area contributed by atoms with Crippen molar-refractivity contribution in [2.45, 2.75) is 32.5 Å². The Balaban J connectivity index is 2.17. The summed E-state index contributed by atoms with van der Waals surface area (Å²) in [5, 5.41) is 12.1. The Labute approximate surface area is 206 Å². The maximum absolute atomic E-state index is 14.0. The lowest BCUT2D eigenvalue weighted by atomic mass is 9.96. The molecule has 1 aromatic heterocycles. The maximum atomic E-state index is 14.0. The molecule has 1 heterocycles. The average molecular weight is 529 g/mol. The summed E-state index contributed by atoms with van der Waals surface area (Å²) in [4.78, 5) is 36.6. The number of benzene rings is 2. The van der Waals surface area contributed by atoms with Gasteiger partial charge in [-0.25, -0.2) is 13.6 Å². The third kappa shape index (κ3) is 5.73. The number of carboxylic acid groups (broad SMARTS) is 1. The Morgan fingerprint density at radius 3 is 2.31 bits per heavy atom. The highest BCUT2D eigenvalue weighted by molar-refractivity contribution is 6.31. The Morgan fingerprint density at radius 2 is 1.72 bits per heavy atom. The van der Waals surface area contributed by atoms with Crippen LogP contribution in [0.1, 0.15) is 57.4 Å². The van der Waals surface area contributed by atoms with Crippen LogP contribution in [0.15, 0.2) is 42.5 Å². The average Bonchev–Trinajstić information content (AvgIpc) is 3.11. The summed E-state index contributed by atoms with van der Waals surface area (Å²) >= 11 is 6.21. The highest BCUT2D eigenvalue weighted by Gasteiger charge is 2.32. The first-order chi connectivity index (χ1) is 16.7. The zero-order chi connectivity index (χ0) is 26.9. The minimum atomic E-state index is -4.92. The first kappa shape index (κ1) is 26.9. The number of rotatable bonds is 7.